The van der Waals surface area contributed by atoms with Crippen molar-refractivity contribution < 1.29 is 13.9 Å². The van der Waals surface area contributed by atoms with E-state index in [1.54, 1.807) is 25.1 Å². The molecule has 0 spiro atoms. The Morgan fingerprint density at radius 1 is 1.35 bits per heavy atom. The van der Waals surface area contributed by atoms with Crippen molar-refractivity contribution in [3.63, 3.8) is 0 Å². The predicted octanol–water partition coefficient (Wildman–Crippen LogP) is 3.23. The lowest BCUT2D eigenvalue weighted by atomic mass is 10.0. The Morgan fingerprint density at radius 3 is 2.91 bits per heavy atom. The molecule has 23 heavy (non-hydrogen) atoms. The molecule has 1 aliphatic rings. The molecule has 1 aliphatic carbocycles. The van der Waals surface area contributed by atoms with E-state index in [2.05, 4.69) is 0 Å². The molecule has 0 unspecified atom stereocenters. The number of aryl methyl sites for hydroxylation is 1. The van der Waals surface area contributed by atoms with Crippen LogP contribution < -0.4 is 11.4 Å². The van der Waals surface area contributed by atoms with Crippen molar-refractivity contribution in [3.05, 3.63) is 51.6 Å². The van der Waals surface area contributed by atoms with Crippen LogP contribution in [0.5, 0.6) is 0 Å². The number of hydrogen-bond donors (Lipinski definition) is 1. The highest BCUT2D eigenvalue weighted by molar-refractivity contribution is 5.85. The number of esters is 1. The average molecular weight is 313 g/mol. The molecule has 5 heteroatoms. The summed E-state index contributed by atoms with van der Waals surface area (Å²) in [5, 5.41) is 0.776. The molecular weight excluding hydrogens is 294 g/mol. The fourth-order valence-corrected chi connectivity index (χ4v) is 2.84. The number of rotatable bonds is 3. The lowest BCUT2D eigenvalue weighted by Crippen LogP contribution is -2.17. The highest BCUT2D eigenvalue weighted by Crippen LogP contribution is 2.23. The molecule has 0 saturated heterocycles. The number of ether oxygens (including phenoxy) is 1. The van der Waals surface area contributed by atoms with Gasteiger partial charge in [0.25, 0.3) is 0 Å². The lowest BCUT2D eigenvalue weighted by molar-refractivity contribution is -0.139. The van der Waals surface area contributed by atoms with E-state index >= 15 is 0 Å². The van der Waals surface area contributed by atoms with Gasteiger partial charge >= 0.3 is 11.6 Å². The highest BCUT2D eigenvalue weighted by Gasteiger charge is 2.17. The van der Waals surface area contributed by atoms with E-state index in [0.29, 0.717) is 22.6 Å². The quantitative estimate of drug-likeness (QED) is 0.534. The zero-order valence-corrected chi connectivity index (χ0v) is 13.1. The molecule has 0 radical (unpaired) electrons. The topological polar surface area (TPSA) is 82.5 Å². The molecule has 1 heterocycles. The summed E-state index contributed by atoms with van der Waals surface area (Å²) >= 11 is 0. The second kappa shape index (κ2) is 6.28. The maximum atomic E-state index is 12.2. The molecule has 2 N–H and O–H groups in total. The van der Waals surface area contributed by atoms with Crippen molar-refractivity contribution in [1.29, 1.82) is 0 Å². The Kier molecular flexibility index (Phi) is 4.19. The van der Waals surface area contributed by atoms with Crippen LogP contribution in [0.3, 0.4) is 0 Å². The number of nitrogen functional groups attached to an aromatic ring is 1. The van der Waals surface area contributed by atoms with Crippen molar-refractivity contribution in [1.82, 2.24) is 0 Å². The Hall–Kier alpha value is -2.56. The number of benzene rings is 1. The largest absolute Gasteiger partial charge is 0.431 e. The number of fused-ring (bicyclic) bond motifs is 1. The minimum absolute atomic E-state index is 0.0914. The van der Waals surface area contributed by atoms with Crippen LogP contribution in [0, 0.1) is 6.92 Å². The van der Waals surface area contributed by atoms with Crippen molar-refractivity contribution in [2.24, 2.45) is 0 Å². The first kappa shape index (κ1) is 15.3. The summed E-state index contributed by atoms with van der Waals surface area (Å²) in [6.07, 6.45) is 5.71. The molecule has 1 aromatic carbocycles. The second-order valence-electron chi connectivity index (χ2n) is 5.82. The summed E-state index contributed by atoms with van der Waals surface area (Å²) in [6.45, 7) is 1.80. The lowest BCUT2D eigenvalue weighted by Gasteiger charge is -2.13. The Morgan fingerprint density at radius 2 is 2.17 bits per heavy atom. The molecule has 0 aliphatic heterocycles. The van der Waals surface area contributed by atoms with Gasteiger partial charge in [0.05, 0.1) is 12.0 Å². The minimum atomic E-state index is -0.518. The van der Waals surface area contributed by atoms with Gasteiger partial charge in [0, 0.05) is 23.6 Å². The third-order valence-electron chi connectivity index (χ3n) is 4.13. The normalized spacial score (nSPS) is 14.6. The van der Waals surface area contributed by atoms with Crippen LogP contribution in [0.25, 0.3) is 11.0 Å². The Bertz CT molecular complexity index is 848. The summed E-state index contributed by atoms with van der Waals surface area (Å²) in [5.74, 6) is 0.278. The number of allylic oxidation sites excluding steroid dienone is 2. The van der Waals surface area contributed by atoms with Crippen molar-refractivity contribution >= 4 is 22.6 Å². The van der Waals surface area contributed by atoms with E-state index in [9.17, 15) is 9.59 Å². The zero-order chi connectivity index (χ0) is 16.4. The Balaban J connectivity index is 1.87. The first-order valence-electron chi connectivity index (χ1n) is 7.76. The van der Waals surface area contributed by atoms with E-state index in [0.717, 1.165) is 36.6 Å². The van der Waals surface area contributed by atoms with E-state index in [-0.39, 0.29) is 6.42 Å². The van der Waals surface area contributed by atoms with Gasteiger partial charge < -0.3 is 14.9 Å². The van der Waals surface area contributed by atoms with Crippen LogP contribution in [0.15, 0.2) is 39.2 Å². The van der Waals surface area contributed by atoms with Gasteiger partial charge in [-0.25, -0.2) is 4.79 Å². The molecule has 2 aromatic rings. The molecule has 0 saturated carbocycles. The van der Waals surface area contributed by atoms with Gasteiger partial charge in [-0.05, 0) is 50.0 Å². The molecule has 5 nitrogen and oxygen atoms in total. The van der Waals surface area contributed by atoms with Crippen LogP contribution in [0.1, 0.15) is 36.8 Å². The van der Waals surface area contributed by atoms with Crippen LogP contribution in [0.2, 0.25) is 0 Å². The van der Waals surface area contributed by atoms with E-state index in [1.165, 1.54) is 0 Å². The number of carbonyl (C=O) groups is 1. The molecular formula is C18H19NO4. The van der Waals surface area contributed by atoms with Gasteiger partial charge in [-0.1, -0.05) is 0 Å². The van der Waals surface area contributed by atoms with Crippen LogP contribution >= 0.6 is 0 Å². The molecule has 120 valence electrons. The molecule has 0 fully saturated rings. The van der Waals surface area contributed by atoms with Crippen molar-refractivity contribution in [2.45, 2.75) is 39.0 Å². The van der Waals surface area contributed by atoms with Gasteiger partial charge in [-0.3, -0.25) is 4.79 Å². The summed E-state index contributed by atoms with van der Waals surface area (Å²) in [4.78, 5) is 24.3. The van der Waals surface area contributed by atoms with Crippen LogP contribution in [-0.4, -0.2) is 5.97 Å². The monoisotopic (exact) mass is 313 g/mol. The third-order valence-corrected chi connectivity index (χ3v) is 4.13. The second-order valence-corrected chi connectivity index (χ2v) is 5.82. The van der Waals surface area contributed by atoms with Crippen LogP contribution in [0.4, 0.5) is 5.69 Å². The number of carbonyl (C=O) groups excluding carboxylic acids is 1. The Labute approximate surface area is 133 Å². The van der Waals surface area contributed by atoms with Crippen molar-refractivity contribution in [2.75, 3.05) is 5.73 Å². The number of hydrogen-bond acceptors (Lipinski definition) is 5. The minimum Gasteiger partial charge on any atom is -0.431 e. The average Bonchev–Trinajstić information content (AvgIpc) is 2.52. The first-order valence-corrected chi connectivity index (χ1v) is 7.76. The summed E-state index contributed by atoms with van der Waals surface area (Å²) < 4.78 is 10.6. The third kappa shape index (κ3) is 3.28. The van der Waals surface area contributed by atoms with Gasteiger partial charge in [-0.15, -0.1) is 0 Å². The number of nitrogens with two attached hydrogens (primary N) is 1. The maximum absolute atomic E-state index is 12.2. The molecule has 3 rings (SSSR count). The maximum Gasteiger partial charge on any atom is 0.340 e. The van der Waals surface area contributed by atoms with E-state index in [4.69, 9.17) is 14.9 Å². The highest BCUT2D eigenvalue weighted by atomic mass is 16.5. The molecule has 1 aromatic heterocycles. The molecule has 0 bridgehead atoms. The summed E-state index contributed by atoms with van der Waals surface area (Å²) in [5.41, 5.74) is 7.21. The van der Waals surface area contributed by atoms with Gasteiger partial charge in [-0.2, -0.15) is 0 Å². The van der Waals surface area contributed by atoms with E-state index < -0.39 is 11.6 Å². The number of anilines is 1. The van der Waals surface area contributed by atoms with Gasteiger partial charge in [0.15, 0.2) is 0 Å². The molecule has 0 atom stereocenters. The summed E-state index contributed by atoms with van der Waals surface area (Å²) in [6, 6.07) is 5.14. The predicted molar refractivity (Wildman–Crippen MR) is 88.0 cm³/mol. The fourth-order valence-electron chi connectivity index (χ4n) is 2.84. The van der Waals surface area contributed by atoms with Crippen molar-refractivity contribution in [3.8, 4) is 0 Å². The smallest absolute Gasteiger partial charge is 0.340 e. The zero-order valence-electron chi connectivity index (χ0n) is 13.1. The van der Waals surface area contributed by atoms with Gasteiger partial charge in [0.1, 0.15) is 11.3 Å². The fraction of sp³-hybridized carbons (Fsp3) is 0.333. The summed E-state index contributed by atoms with van der Waals surface area (Å²) in [7, 11) is 0. The molecule has 0 amide bonds. The van der Waals surface area contributed by atoms with Crippen LogP contribution in [-0.2, 0) is 16.0 Å². The SMILES string of the molecule is Cc1c(CC(=O)OC2=CCCCC2)c(=O)oc2cc(N)ccc12. The van der Waals surface area contributed by atoms with Gasteiger partial charge in [0.2, 0.25) is 0 Å². The van der Waals surface area contributed by atoms with E-state index in [1.807, 2.05) is 6.08 Å². The first-order chi connectivity index (χ1) is 11.0. The standard InChI is InChI=1S/C18H19NO4/c1-11-14-8-7-12(19)9-16(14)23-18(21)15(11)10-17(20)22-13-5-3-2-4-6-13/h5,7-9H,2-4,6,10,19H2,1H3.